The van der Waals surface area contributed by atoms with Gasteiger partial charge in [-0.25, -0.2) is 18.6 Å². The number of aromatic nitrogens is 1. The molecule has 0 saturated carbocycles. The highest BCUT2D eigenvalue weighted by atomic mass is 32.1. The van der Waals surface area contributed by atoms with Gasteiger partial charge in [-0.3, -0.25) is 14.5 Å². The summed E-state index contributed by atoms with van der Waals surface area (Å²) in [6.45, 7) is 3.05. The summed E-state index contributed by atoms with van der Waals surface area (Å²) in [5.74, 6) is -4.88. The number of aliphatic hydroxyl groups is 1. The van der Waals surface area contributed by atoms with Crippen molar-refractivity contribution in [2.75, 3.05) is 12.0 Å². The minimum Gasteiger partial charge on any atom is -0.507 e. The van der Waals surface area contributed by atoms with Crippen LogP contribution in [0.1, 0.15) is 38.1 Å². The molecular weight excluding hydrogens is 466 g/mol. The molecular formula is C24H18F2N2O5S. The fourth-order valence-electron chi connectivity index (χ4n) is 3.68. The lowest BCUT2D eigenvalue weighted by molar-refractivity contribution is -0.132. The van der Waals surface area contributed by atoms with Crippen LogP contribution in [-0.4, -0.2) is 34.9 Å². The molecule has 2 aromatic carbocycles. The van der Waals surface area contributed by atoms with E-state index in [0.29, 0.717) is 5.56 Å². The fraction of sp³-hybridized carbons (Fsp3) is 0.167. The van der Waals surface area contributed by atoms with Gasteiger partial charge in [-0.15, -0.1) is 0 Å². The number of benzene rings is 2. The number of rotatable bonds is 4. The molecule has 1 amide bonds. The molecule has 7 nitrogen and oxygen atoms in total. The van der Waals surface area contributed by atoms with Gasteiger partial charge in [0.1, 0.15) is 28.3 Å². The first-order valence-corrected chi connectivity index (χ1v) is 10.8. The Morgan fingerprint density at radius 2 is 1.82 bits per heavy atom. The second-order valence-electron chi connectivity index (χ2n) is 7.56. The van der Waals surface area contributed by atoms with Crippen molar-refractivity contribution in [3.8, 4) is 0 Å². The Bertz CT molecular complexity index is 1380. The standard InChI is InChI=1S/C24H18F2N2O5S/c1-11-8-9-13(10-16(11)26)19(29)17-18(14-6-4-5-7-15(14)25)28(22(31)20(17)30)24-27-12(2)21(34-24)23(32)33-3/h4-10,18,29H,1-3H3/t18-/m0/s1. The van der Waals surface area contributed by atoms with Gasteiger partial charge in [0.25, 0.3) is 5.78 Å². The largest absolute Gasteiger partial charge is 0.507 e. The smallest absolute Gasteiger partial charge is 0.350 e. The van der Waals surface area contributed by atoms with E-state index in [9.17, 15) is 28.3 Å². The van der Waals surface area contributed by atoms with Crippen molar-refractivity contribution in [3.63, 3.8) is 0 Å². The predicted octanol–water partition coefficient (Wildman–Crippen LogP) is 4.45. The third kappa shape index (κ3) is 3.75. The zero-order valence-corrected chi connectivity index (χ0v) is 19.1. The number of methoxy groups -OCH3 is 1. The second-order valence-corrected chi connectivity index (χ2v) is 8.53. The minimum absolute atomic E-state index is 0.0481. The van der Waals surface area contributed by atoms with Gasteiger partial charge in [0.15, 0.2) is 5.13 Å². The molecule has 0 spiro atoms. The van der Waals surface area contributed by atoms with E-state index < -0.39 is 46.7 Å². The lowest BCUT2D eigenvalue weighted by atomic mass is 9.94. The quantitative estimate of drug-likeness (QED) is 0.254. The van der Waals surface area contributed by atoms with Gasteiger partial charge >= 0.3 is 11.9 Å². The van der Waals surface area contributed by atoms with Crippen LogP contribution in [0.15, 0.2) is 48.0 Å². The van der Waals surface area contributed by atoms with Crippen LogP contribution in [-0.2, 0) is 14.3 Å². The van der Waals surface area contributed by atoms with Gasteiger partial charge in [0, 0.05) is 11.1 Å². The average Bonchev–Trinajstić information content (AvgIpc) is 3.32. The number of hydrogen-bond acceptors (Lipinski definition) is 7. The van der Waals surface area contributed by atoms with Crippen molar-refractivity contribution in [3.05, 3.63) is 86.9 Å². The van der Waals surface area contributed by atoms with E-state index in [1.54, 1.807) is 0 Å². The third-order valence-corrected chi connectivity index (χ3v) is 6.59. The molecule has 1 N–H and O–H groups in total. The number of aryl methyl sites for hydroxylation is 2. The molecule has 1 aliphatic heterocycles. The Hall–Kier alpha value is -3.92. The van der Waals surface area contributed by atoms with Gasteiger partial charge in [-0.1, -0.05) is 41.7 Å². The Morgan fingerprint density at radius 1 is 1.12 bits per heavy atom. The molecule has 0 unspecified atom stereocenters. The first-order valence-electron chi connectivity index (χ1n) is 10.0. The van der Waals surface area contributed by atoms with E-state index in [2.05, 4.69) is 4.98 Å². The minimum atomic E-state index is -1.40. The van der Waals surface area contributed by atoms with Gasteiger partial charge in [-0.05, 0) is 31.5 Å². The number of amides is 1. The number of ether oxygens (including phenoxy) is 1. The Kier molecular flexibility index (Phi) is 6.01. The average molecular weight is 484 g/mol. The number of hydrogen-bond donors (Lipinski definition) is 1. The molecule has 3 aromatic rings. The van der Waals surface area contributed by atoms with Gasteiger partial charge < -0.3 is 9.84 Å². The highest BCUT2D eigenvalue weighted by Gasteiger charge is 2.49. The summed E-state index contributed by atoms with van der Waals surface area (Å²) in [6, 6.07) is 7.88. The monoisotopic (exact) mass is 484 g/mol. The van der Waals surface area contributed by atoms with Crippen LogP contribution in [0.5, 0.6) is 0 Å². The molecule has 1 aliphatic rings. The maximum Gasteiger partial charge on any atom is 0.350 e. The summed E-state index contributed by atoms with van der Waals surface area (Å²) < 4.78 is 33.8. The number of aliphatic hydroxyl groups excluding tert-OH is 1. The molecule has 10 heteroatoms. The van der Waals surface area contributed by atoms with E-state index in [1.807, 2.05) is 0 Å². The molecule has 174 valence electrons. The SMILES string of the molecule is COC(=O)c1sc(N2C(=O)C(=O)C(=C(O)c3ccc(C)c(F)c3)[C@@H]2c2ccccc2F)nc1C. The van der Waals surface area contributed by atoms with Crippen LogP contribution in [0.25, 0.3) is 5.76 Å². The zero-order chi connectivity index (χ0) is 24.7. The number of carbonyl (C=O) groups is 3. The topological polar surface area (TPSA) is 96.8 Å². The van der Waals surface area contributed by atoms with Crippen LogP contribution < -0.4 is 4.90 Å². The highest BCUT2D eigenvalue weighted by Crippen LogP contribution is 2.44. The van der Waals surface area contributed by atoms with Gasteiger partial charge in [0.05, 0.1) is 18.4 Å². The summed E-state index contributed by atoms with van der Waals surface area (Å²) in [5, 5.41) is 10.9. The van der Waals surface area contributed by atoms with Gasteiger partial charge in [0.2, 0.25) is 0 Å². The number of ketones is 1. The van der Waals surface area contributed by atoms with E-state index >= 15 is 0 Å². The van der Waals surface area contributed by atoms with Crippen molar-refractivity contribution in [1.82, 2.24) is 4.98 Å². The van der Waals surface area contributed by atoms with E-state index in [1.165, 1.54) is 51.3 Å². The third-order valence-electron chi connectivity index (χ3n) is 5.45. The maximum atomic E-state index is 14.9. The van der Waals surface area contributed by atoms with E-state index in [-0.39, 0.29) is 26.8 Å². The normalized spacial score (nSPS) is 17.3. The van der Waals surface area contributed by atoms with E-state index in [4.69, 9.17) is 4.74 Å². The number of Topliss-reactive ketones (excluding diaryl/α,β-unsaturated/α-hetero) is 1. The molecule has 4 rings (SSSR count). The van der Waals surface area contributed by atoms with Crippen LogP contribution in [0.2, 0.25) is 0 Å². The number of anilines is 1. The number of carbonyl (C=O) groups excluding carboxylic acids is 3. The molecule has 0 bridgehead atoms. The second kappa shape index (κ2) is 8.79. The zero-order valence-electron chi connectivity index (χ0n) is 18.3. The number of esters is 1. The predicted molar refractivity (Wildman–Crippen MR) is 121 cm³/mol. The lowest BCUT2D eigenvalue weighted by Gasteiger charge is -2.23. The lowest BCUT2D eigenvalue weighted by Crippen LogP contribution is -2.29. The van der Waals surface area contributed by atoms with Crippen molar-refractivity contribution in [1.29, 1.82) is 0 Å². The van der Waals surface area contributed by atoms with Crippen LogP contribution in [0.4, 0.5) is 13.9 Å². The van der Waals surface area contributed by atoms with E-state index in [0.717, 1.165) is 28.4 Å². The summed E-state index contributed by atoms with van der Waals surface area (Å²) in [5.41, 5.74) is 0.0139. The van der Waals surface area contributed by atoms with Gasteiger partial charge in [-0.2, -0.15) is 0 Å². The first kappa shape index (κ1) is 23.2. The highest BCUT2D eigenvalue weighted by molar-refractivity contribution is 7.17. The van der Waals surface area contributed by atoms with Crippen LogP contribution >= 0.6 is 11.3 Å². The van der Waals surface area contributed by atoms with Crippen LogP contribution in [0.3, 0.4) is 0 Å². The molecule has 1 atom stereocenters. The molecule has 1 aromatic heterocycles. The van der Waals surface area contributed by atoms with Crippen LogP contribution in [0, 0.1) is 25.5 Å². The van der Waals surface area contributed by atoms with Crippen molar-refractivity contribution < 1.29 is 33.0 Å². The summed E-state index contributed by atoms with van der Waals surface area (Å²) >= 11 is 0.794. The summed E-state index contributed by atoms with van der Waals surface area (Å²) in [6.07, 6.45) is 0. The molecule has 1 saturated heterocycles. The maximum absolute atomic E-state index is 14.9. The molecule has 0 radical (unpaired) electrons. The van der Waals surface area contributed by atoms with Crippen molar-refractivity contribution >= 4 is 39.9 Å². The Morgan fingerprint density at radius 3 is 2.47 bits per heavy atom. The first-order chi connectivity index (χ1) is 16.1. The summed E-state index contributed by atoms with van der Waals surface area (Å²) in [4.78, 5) is 43.5. The molecule has 0 aliphatic carbocycles. The van der Waals surface area contributed by atoms with Crippen molar-refractivity contribution in [2.24, 2.45) is 0 Å². The Labute approximate surface area is 196 Å². The molecule has 2 heterocycles. The number of halogens is 2. The van der Waals surface area contributed by atoms with Crippen molar-refractivity contribution in [2.45, 2.75) is 19.9 Å². The Balaban J connectivity index is 1.97. The molecule has 1 fully saturated rings. The summed E-state index contributed by atoms with van der Waals surface area (Å²) in [7, 11) is 1.19. The fourth-order valence-corrected chi connectivity index (χ4v) is 4.70. The number of nitrogens with zero attached hydrogens (tertiary/aromatic N) is 2. The molecule has 34 heavy (non-hydrogen) atoms. The number of thiazole rings is 1.